The third-order valence-electron chi connectivity index (χ3n) is 4.13. The van der Waals surface area contributed by atoms with E-state index in [2.05, 4.69) is 5.32 Å². The van der Waals surface area contributed by atoms with Gasteiger partial charge in [-0.2, -0.15) is 11.8 Å². The Labute approximate surface area is 153 Å². The van der Waals surface area contributed by atoms with Gasteiger partial charge >= 0.3 is 0 Å². The van der Waals surface area contributed by atoms with E-state index in [1.807, 2.05) is 11.8 Å². The highest BCUT2D eigenvalue weighted by atomic mass is 32.2. The van der Waals surface area contributed by atoms with Crippen LogP contribution in [-0.2, 0) is 14.8 Å². The maximum absolute atomic E-state index is 13.0. The molecule has 25 heavy (non-hydrogen) atoms. The van der Waals surface area contributed by atoms with Gasteiger partial charge in [-0.15, -0.1) is 0 Å². The largest absolute Gasteiger partial charge is 0.354 e. The summed E-state index contributed by atoms with van der Waals surface area (Å²) < 4.78 is 37.9. The van der Waals surface area contributed by atoms with Gasteiger partial charge in [0.15, 0.2) is 0 Å². The molecule has 1 fully saturated rings. The van der Waals surface area contributed by atoms with Crippen LogP contribution in [-0.4, -0.2) is 44.7 Å². The van der Waals surface area contributed by atoms with Crippen molar-refractivity contribution in [2.45, 2.75) is 37.4 Å². The first-order valence-corrected chi connectivity index (χ1v) is 11.4. The van der Waals surface area contributed by atoms with Crippen molar-refractivity contribution in [3.05, 3.63) is 30.1 Å². The molecule has 1 N–H and O–H groups in total. The van der Waals surface area contributed by atoms with E-state index in [0.29, 0.717) is 11.8 Å². The number of amides is 1. The van der Waals surface area contributed by atoms with Gasteiger partial charge in [-0.3, -0.25) is 9.10 Å². The maximum atomic E-state index is 13.0. The standard InChI is InChI=1S/C17H25FN2O3S2/c1-25(22,23)20(15-9-7-14(18)8-10-15)13-17(21)19-11-12-24-16-5-3-2-4-6-16/h7-10,16H,2-6,11-13H2,1H3,(H,19,21). The number of hydrogen-bond acceptors (Lipinski definition) is 4. The quantitative estimate of drug-likeness (QED) is 0.696. The minimum absolute atomic E-state index is 0.274. The molecular weight excluding hydrogens is 363 g/mol. The number of benzene rings is 1. The molecule has 8 heteroatoms. The third-order valence-corrected chi connectivity index (χ3v) is 6.66. The van der Waals surface area contributed by atoms with Crippen molar-refractivity contribution >= 4 is 33.4 Å². The molecule has 1 saturated carbocycles. The lowest BCUT2D eigenvalue weighted by atomic mass is 10.0. The summed E-state index contributed by atoms with van der Waals surface area (Å²) in [7, 11) is -3.63. The Kier molecular flexibility index (Phi) is 7.56. The summed E-state index contributed by atoms with van der Waals surface area (Å²) in [6, 6.07) is 5.05. The molecule has 0 saturated heterocycles. The highest BCUT2D eigenvalue weighted by molar-refractivity contribution is 7.99. The van der Waals surface area contributed by atoms with Gasteiger partial charge in [0.05, 0.1) is 11.9 Å². The number of sulfonamides is 1. The first-order valence-electron chi connectivity index (χ1n) is 8.48. The van der Waals surface area contributed by atoms with Crippen LogP contribution in [0.15, 0.2) is 24.3 Å². The fourth-order valence-electron chi connectivity index (χ4n) is 2.84. The Morgan fingerprint density at radius 1 is 1.24 bits per heavy atom. The smallest absolute Gasteiger partial charge is 0.240 e. The molecule has 0 atom stereocenters. The van der Waals surface area contributed by atoms with E-state index in [4.69, 9.17) is 0 Å². The van der Waals surface area contributed by atoms with E-state index in [1.54, 1.807) is 0 Å². The zero-order valence-electron chi connectivity index (χ0n) is 14.4. The van der Waals surface area contributed by atoms with Crippen LogP contribution in [0.25, 0.3) is 0 Å². The first-order chi connectivity index (χ1) is 11.9. The van der Waals surface area contributed by atoms with Crippen LogP contribution >= 0.6 is 11.8 Å². The van der Waals surface area contributed by atoms with Crippen molar-refractivity contribution in [1.29, 1.82) is 0 Å². The number of nitrogens with zero attached hydrogens (tertiary/aromatic N) is 1. The topological polar surface area (TPSA) is 66.5 Å². The molecule has 0 aliphatic heterocycles. The zero-order chi connectivity index (χ0) is 18.3. The minimum atomic E-state index is -3.63. The van der Waals surface area contributed by atoms with Crippen molar-refractivity contribution in [3.8, 4) is 0 Å². The average Bonchev–Trinajstić information content (AvgIpc) is 2.57. The van der Waals surface area contributed by atoms with Crippen LogP contribution < -0.4 is 9.62 Å². The Hall–Kier alpha value is -1.28. The van der Waals surface area contributed by atoms with Crippen LogP contribution in [0.2, 0.25) is 0 Å². The number of nitrogens with one attached hydrogen (secondary N) is 1. The van der Waals surface area contributed by atoms with Crippen molar-refractivity contribution in [2.75, 3.05) is 29.4 Å². The summed E-state index contributed by atoms with van der Waals surface area (Å²) in [5, 5.41) is 3.44. The van der Waals surface area contributed by atoms with Crippen molar-refractivity contribution in [2.24, 2.45) is 0 Å². The summed E-state index contributed by atoms with van der Waals surface area (Å²) in [6.45, 7) is 0.208. The van der Waals surface area contributed by atoms with Crippen LogP contribution in [0.4, 0.5) is 10.1 Å². The van der Waals surface area contributed by atoms with Gasteiger partial charge in [0.2, 0.25) is 15.9 Å². The predicted molar refractivity (Wildman–Crippen MR) is 101 cm³/mol. The third kappa shape index (κ3) is 6.86. The second kappa shape index (κ2) is 9.43. The lowest BCUT2D eigenvalue weighted by molar-refractivity contribution is -0.119. The highest BCUT2D eigenvalue weighted by Gasteiger charge is 2.21. The summed E-state index contributed by atoms with van der Waals surface area (Å²) in [4.78, 5) is 12.1. The van der Waals surface area contributed by atoms with Crippen molar-refractivity contribution < 1.29 is 17.6 Å². The molecule has 0 spiro atoms. The molecule has 1 amide bonds. The Morgan fingerprint density at radius 2 is 1.88 bits per heavy atom. The van der Waals surface area contributed by atoms with Gasteiger partial charge < -0.3 is 5.32 Å². The number of carbonyl (C=O) groups excluding carboxylic acids is 1. The van der Waals surface area contributed by atoms with E-state index in [0.717, 1.165) is 16.3 Å². The predicted octanol–water partition coefficient (Wildman–Crippen LogP) is 2.77. The molecule has 1 aromatic carbocycles. The van der Waals surface area contributed by atoms with Gasteiger partial charge in [-0.25, -0.2) is 12.8 Å². The lowest BCUT2D eigenvalue weighted by Gasteiger charge is -2.22. The number of hydrogen-bond donors (Lipinski definition) is 1. The van der Waals surface area contributed by atoms with E-state index in [1.165, 1.54) is 56.4 Å². The fraction of sp³-hybridized carbons (Fsp3) is 0.588. The molecule has 1 aromatic rings. The molecule has 5 nitrogen and oxygen atoms in total. The zero-order valence-corrected chi connectivity index (χ0v) is 16.0. The molecule has 2 rings (SSSR count). The number of thioether (sulfide) groups is 1. The van der Waals surface area contributed by atoms with Crippen LogP contribution in [0.3, 0.4) is 0 Å². The normalized spacial score (nSPS) is 15.8. The van der Waals surface area contributed by atoms with Crippen LogP contribution in [0.5, 0.6) is 0 Å². The molecule has 0 bridgehead atoms. The molecule has 0 unspecified atom stereocenters. The van der Waals surface area contributed by atoms with Crippen molar-refractivity contribution in [3.63, 3.8) is 0 Å². The summed E-state index contributed by atoms with van der Waals surface area (Å²) in [5.74, 6) is 0.00614. The van der Waals surface area contributed by atoms with Crippen molar-refractivity contribution in [1.82, 2.24) is 5.32 Å². The molecule has 1 aliphatic carbocycles. The van der Waals surface area contributed by atoms with Gasteiger partial charge in [0, 0.05) is 17.5 Å². The van der Waals surface area contributed by atoms with Crippen LogP contribution in [0.1, 0.15) is 32.1 Å². The molecule has 0 radical (unpaired) electrons. The molecule has 140 valence electrons. The summed E-state index contributed by atoms with van der Waals surface area (Å²) in [5.41, 5.74) is 0.274. The number of anilines is 1. The van der Waals surface area contributed by atoms with Gasteiger partial charge in [0.25, 0.3) is 0 Å². The number of rotatable bonds is 8. The average molecular weight is 389 g/mol. The Balaban J connectivity index is 1.82. The molecule has 1 aliphatic rings. The van der Waals surface area contributed by atoms with Gasteiger partial charge in [-0.1, -0.05) is 19.3 Å². The molecule has 0 aromatic heterocycles. The van der Waals surface area contributed by atoms with E-state index in [9.17, 15) is 17.6 Å². The second-order valence-corrected chi connectivity index (χ2v) is 9.54. The minimum Gasteiger partial charge on any atom is -0.354 e. The Bertz CT molecular complexity index is 659. The SMILES string of the molecule is CS(=O)(=O)N(CC(=O)NCCSC1CCCCC1)c1ccc(F)cc1. The fourth-order valence-corrected chi connectivity index (χ4v) is 4.92. The number of halogens is 1. The summed E-state index contributed by atoms with van der Waals surface area (Å²) in [6.07, 6.45) is 7.40. The molecular formula is C17H25FN2O3S2. The van der Waals surface area contributed by atoms with E-state index < -0.39 is 15.8 Å². The van der Waals surface area contributed by atoms with Crippen LogP contribution in [0, 0.1) is 5.82 Å². The first kappa shape index (κ1) is 20.0. The van der Waals surface area contributed by atoms with E-state index >= 15 is 0 Å². The maximum Gasteiger partial charge on any atom is 0.240 e. The monoisotopic (exact) mass is 388 g/mol. The second-order valence-electron chi connectivity index (χ2n) is 6.23. The molecule has 0 heterocycles. The van der Waals surface area contributed by atoms with E-state index in [-0.39, 0.29) is 18.1 Å². The van der Waals surface area contributed by atoms with Gasteiger partial charge in [-0.05, 0) is 37.1 Å². The highest BCUT2D eigenvalue weighted by Crippen LogP contribution is 2.27. The van der Waals surface area contributed by atoms with Gasteiger partial charge in [0.1, 0.15) is 12.4 Å². The number of carbonyl (C=O) groups is 1. The summed E-state index contributed by atoms with van der Waals surface area (Å²) >= 11 is 1.87. The lowest BCUT2D eigenvalue weighted by Crippen LogP contribution is -2.41. The Morgan fingerprint density at radius 3 is 2.48 bits per heavy atom.